The summed E-state index contributed by atoms with van der Waals surface area (Å²) >= 11 is 3.37. The molecule has 1 aromatic rings. The van der Waals surface area contributed by atoms with Crippen molar-refractivity contribution in [2.24, 2.45) is 0 Å². The summed E-state index contributed by atoms with van der Waals surface area (Å²) in [5.74, 6) is 0. The van der Waals surface area contributed by atoms with Crippen molar-refractivity contribution in [2.45, 2.75) is 6.42 Å². The molecule has 0 aromatic heterocycles. The van der Waals surface area contributed by atoms with Gasteiger partial charge in [0.1, 0.15) is 0 Å². The summed E-state index contributed by atoms with van der Waals surface area (Å²) in [7, 11) is 0. The summed E-state index contributed by atoms with van der Waals surface area (Å²) < 4.78 is 0.998. The second kappa shape index (κ2) is 5.51. The summed E-state index contributed by atoms with van der Waals surface area (Å²) in [5, 5.41) is 8.91. The van der Waals surface area contributed by atoms with Gasteiger partial charge in [-0.1, -0.05) is 15.9 Å². The minimum atomic E-state index is -0.0207. The first kappa shape index (κ1) is 12.4. The Hall–Kier alpha value is -1.07. The molecule has 0 bridgehead atoms. The molecule has 0 saturated carbocycles. The molecular formula is C12H15BrN2O2. The molecule has 1 N–H and O–H groups in total. The van der Waals surface area contributed by atoms with Crippen LogP contribution in [0.1, 0.15) is 6.42 Å². The molecule has 2 amide bonds. The maximum absolute atomic E-state index is 12.1. The van der Waals surface area contributed by atoms with Crippen molar-refractivity contribution >= 4 is 27.6 Å². The molecule has 2 rings (SSSR count). The van der Waals surface area contributed by atoms with Crippen LogP contribution in [0.4, 0.5) is 10.5 Å². The average Bonchev–Trinajstić information content (AvgIpc) is 2.34. The lowest BCUT2D eigenvalue weighted by Gasteiger charge is -2.35. The summed E-state index contributed by atoms with van der Waals surface area (Å²) in [4.78, 5) is 15.6. The quantitative estimate of drug-likeness (QED) is 0.928. The third-order valence-corrected chi connectivity index (χ3v) is 3.35. The van der Waals surface area contributed by atoms with Crippen molar-refractivity contribution in [1.82, 2.24) is 4.90 Å². The number of aliphatic hydroxyl groups is 1. The van der Waals surface area contributed by atoms with E-state index < -0.39 is 0 Å². The number of carbonyl (C=O) groups excluding carboxylic acids is 1. The predicted molar refractivity (Wildman–Crippen MR) is 70.2 cm³/mol. The number of hydrogen-bond acceptors (Lipinski definition) is 2. The molecule has 0 aliphatic carbocycles. The van der Waals surface area contributed by atoms with Crippen LogP contribution in [0.25, 0.3) is 0 Å². The lowest BCUT2D eigenvalue weighted by molar-refractivity contribution is 0.174. The number of anilines is 1. The zero-order valence-electron chi connectivity index (χ0n) is 9.47. The number of rotatable bonds is 3. The highest BCUT2D eigenvalue weighted by molar-refractivity contribution is 9.10. The number of aliphatic hydroxyl groups excluding tert-OH is 1. The summed E-state index contributed by atoms with van der Waals surface area (Å²) in [6.07, 6.45) is 0.932. The van der Waals surface area contributed by atoms with Crippen molar-refractivity contribution in [3.63, 3.8) is 0 Å². The Bertz CT molecular complexity index is 392. The molecule has 1 aromatic carbocycles. The van der Waals surface area contributed by atoms with E-state index in [1.807, 2.05) is 24.3 Å². The van der Waals surface area contributed by atoms with Crippen LogP contribution in [-0.4, -0.2) is 42.3 Å². The highest BCUT2D eigenvalue weighted by Crippen LogP contribution is 2.22. The molecule has 0 spiro atoms. The van der Waals surface area contributed by atoms with Crippen LogP contribution in [0, 0.1) is 0 Å². The number of hydrogen-bond donors (Lipinski definition) is 1. The molecule has 0 atom stereocenters. The van der Waals surface area contributed by atoms with Gasteiger partial charge in [-0.05, 0) is 30.7 Å². The fraction of sp³-hybridized carbons (Fsp3) is 0.417. The van der Waals surface area contributed by atoms with Gasteiger partial charge in [0, 0.05) is 29.8 Å². The molecule has 1 saturated heterocycles. The topological polar surface area (TPSA) is 43.8 Å². The van der Waals surface area contributed by atoms with Gasteiger partial charge >= 0.3 is 6.03 Å². The van der Waals surface area contributed by atoms with E-state index in [1.54, 1.807) is 9.80 Å². The Labute approximate surface area is 109 Å². The first-order valence-electron chi connectivity index (χ1n) is 5.65. The molecule has 4 nitrogen and oxygen atoms in total. The number of β-amino-alcohol motifs (C(OH)–C–C–N with tert-alkyl or cyclic N) is 1. The van der Waals surface area contributed by atoms with E-state index in [9.17, 15) is 4.79 Å². The number of halogens is 1. The maximum Gasteiger partial charge on any atom is 0.324 e. The van der Waals surface area contributed by atoms with Gasteiger partial charge in [-0.25, -0.2) is 4.79 Å². The van der Waals surface area contributed by atoms with Gasteiger partial charge in [-0.3, -0.25) is 4.90 Å². The Morgan fingerprint density at radius 2 is 1.94 bits per heavy atom. The van der Waals surface area contributed by atoms with Gasteiger partial charge in [0.05, 0.1) is 6.61 Å². The lowest BCUT2D eigenvalue weighted by atomic mass is 10.2. The highest BCUT2D eigenvalue weighted by Gasteiger charge is 2.25. The SMILES string of the molecule is O=C1N(CCO)CCCN1c1ccc(Br)cc1. The van der Waals surface area contributed by atoms with E-state index in [2.05, 4.69) is 15.9 Å². The number of benzene rings is 1. The smallest absolute Gasteiger partial charge is 0.324 e. The van der Waals surface area contributed by atoms with E-state index in [-0.39, 0.29) is 12.6 Å². The van der Waals surface area contributed by atoms with Crippen LogP contribution >= 0.6 is 15.9 Å². The van der Waals surface area contributed by atoms with E-state index in [0.29, 0.717) is 6.54 Å². The third-order valence-electron chi connectivity index (χ3n) is 2.82. The highest BCUT2D eigenvalue weighted by atomic mass is 79.9. The molecule has 17 heavy (non-hydrogen) atoms. The van der Waals surface area contributed by atoms with Gasteiger partial charge in [-0.15, -0.1) is 0 Å². The van der Waals surface area contributed by atoms with Crippen LogP contribution < -0.4 is 4.90 Å². The monoisotopic (exact) mass is 298 g/mol. The molecule has 1 fully saturated rings. The molecule has 1 heterocycles. The van der Waals surface area contributed by atoms with Gasteiger partial charge in [0.25, 0.3) is 0 Å². The first-order chi connectivity index (χ1) is 8.22. The third kappa shape index (κ3) is 2.79. The van der Waals surface area contributed by atoms with Crippen LogP contribution in [-0.2, 0) is 0 Å². The van der Waals surface area contributed by atoms with Crippen LogP contribution in [0.5, 0.6) is 0 Å². The normalized spacial score (nSPS) is 16.5. The van der Waals surface area contributed by atoms with Crippen molar-refractivity contribution in [2.75, 3.05) is 31.1 Å². The van der Waals surface area contributed by atoms with Crippen LogP contribution in [0.15, 0.2) is 28.7 Å². The first-order valence-corrected chi connectivity index (χ1v) is 6.44. The van der Waals surface area contributed by atoms with Gasteiger partial charge in [0.2, 0.25) is 0 Å². The van der Waals surface area contributed by atoms with E-state index >= 15 is 0 Å². The molecule has 0 unspecified atom stereocenters. The van der Waals surface area contributed by atoms with Crippen molar-refractivity contribution in [1.29, 1.82) is 0 Å². The predicted octanol–water partition coefficient (Wildman–Crippen LogP) is 2.07. The fourth-order valence-electron chi connectivity index (χ4n) is 1.97. The summed E-state index contributed by atoms with van der Waals surface area (Å²) in [6, 6.07) is 7.67. The summed E-state index contributed by atoms with van der Waals surface area (Å²) in [5.41, 5.74) is 0.904. The molecular weight excluding hydrogens is 284 g/mol. The molecule has 1 aliphatic rings. The number of nitrogens with zero attached hydrogens (tertiary/aromatic N) is 2. The second-order valence-corrected chi connectivity index (χ2v) is 4.89. The standard InChI is InChI=1S/C12H15BrN2O2/c13-10-2-4-11(5-3-10)15-7-1-6-14(8-9-16)12(15)17/h2-5,16H,1,6-9H2. The fourth-order valence-corrected chi connectivity index (χ4v) is 2.23. The molecule has 1 aliphatic heterocycles. The maximum atomic E-state index is 12.1. The zero-order chi connectivity index (χ0) is 12.3. The second-order valence-electron chi connectivity index (χ2n) is 3.97. The van der Waals surface area contributed by atoms with E-state index in [4.69, 9.17) is 5.11 Å². The van der Waals surface area contributed by atoms with Crippen LogP contribution in [0.3, 0.4) is 0 Å². The average molecular weight is 299 g/mol. The molecule has 5 heteroatoms. The number of urea groups is 1. The number of amides is 2. The van der Waals surface area contributed by atoms with Gasteiger partial charge in [-0.2, -0.15) is 0 Å². The summed E-state index contributed by atoms with van der Waals surface area (Å²) in [6.45, 7) is 1.89. The van der Waals surface area contributed by atoms with Crippen molar-refractivity contribution in [3.05, 3.63) is 28.7 Å². The van der Waals surface area contributed by atoms with Crippen molar-refractivity contribution in [3.8, 4) is 0 Å². The Morgan fingerprint density at radius 3 is 2.59 bits per heavy atom. The van der Waals surface area contributed by atoms with Crippen molar-refractivity contribution < 1.29 is 9.90 Å². The molecule has 92 valence electrons. The van der Waals surface area contributed by atoms with Crippen LogP contribution in [0.2, 0.25) is 0 Å². The van der Waals surface area contributed by atoms with E-state index in [0.717, 1.165) is 29.7 Å². The van der Waals surface area contributed by atoms with Gasteiger partial charge in [0.15, 0.2) is 0 Å². The largest absolute Gasteiger partial charge is 0.395 e. The lowest BCUT2D eigenvalue weighted by Crippen LogP contribution is -2.50. The minimum Gasteiger partial charge on any atom is -0.395 e. The minimum absolute atomic E-state index is 0.0138. The van der Waals surface area contributed by atoms with Gasteiger partial charge < -0.3 is 10.0 Å². The Kier molecular flexibility index (Phi) is 4.02. The Balaban J connectivity index is 2.14. The number of carbonyl (C=O) groups is 1. The van der Waals surface area contributed by atoms with E-state index in [1.165, 1.54) is 0 Å². The Morgan fingerprint density at radius 1 is 1.24 bits per heavy atom. The zero-order valence-corrected chi connectivity index (χ0v) is 11.1. The molecule has 0 radical (unpaired) electrons.